The van der Waals surface area contributed by atoms with E-state index >= 15 is 0 Å². The average Bonchev–Trinajstić information content (AvgIpc) is 2.32. The molecule has 0 unspecified atom stereocenters. The molecule has 1 aromatic heterocycles. The summed E-state index contributed by atoms with van der Waals surface area (Å²) in [6.45, 7) is 3.63. The van der Waals surface area contributed by atoms with Gasteiger partial charge in [-0.15, -0.1) is 0 Å². The summed E-state index contributed by atoms with van der Waals surface area (Å²) >= 11 is 0. The molecule has 0 aliphatic heterocycles. The molecule has 0 aliphatic carbocycles. The van der Waals surface area contributed by atoms with Gasteiger partial charge in [0.15, 0.2) is 5.69 Å². The summed E-state index contributed by atoms with van der Waals surface area (Å²) in [5.41, 5.74) is 0.929. The van der Waals surface area contributed by atoms with Crippen LogP contribution in [0, 0.1) is 18.3 Å². The minimum absolute atomic E-state index is 0.0446. The third-order valence-electron chi connectivity index (χ3n) is 2.02. The normalized spacial score (nSPS) is 9.39. The van der Waals surface area contributed by atoms with E-state index in [2.05, 4.69) is 10.3 Å². The number of nitrogens with one attached hydrogen (secondary N) is 1. The summed E-state index contributed by atoms with van der Waals surface area (Å²) in [6.07, 6.45) is -0.282. The zero-order valence-electron chi connectivity index (χ0n) is 10.2. The van der Waals surface area contributed by atoms with Gasteiger partial charge >= 0.3 is 5.97 Å². The zero-order valence-corrected chi connectivity index (χ0v) is 10.2. The lowest BCUT2D eigenvalue weighted by atomic mass is 10.2. The van der Waals surface area contributed by atoms with Gasteiger partial charge in [-0.25, -0.2) is 9.78 Å². The van der Waals surface area contributed by atoms with Crippen LogP contribution in [0.1, 0.15) is 29.5 Å². The second kappa shape index (κ2) is 6.35. The number of anilines is 1. The Morgan fingerprint density at radius 2 is 2.22 bits per heavy atom. The predicted molar refractivity (Wildman–Crippen MR) is 63.8 cm³/mol. The number of pyridine rings is 1. The van der Waals surface area contributed by atoms with Gasteiger partial charge in [0, 0.05) is 5.69 Å². The third kappa shape index (κ3) is 3.56. The molecule has 0 spiro atoms. The summed E-state index contributed by atoms with van der Waals surface area (Å²) in [6, 6.07) is 4.94. The first-order chi connectivity index (χ1) is 8.58. The molecule has 0 atom stereocenters. The molecule has 1 N–H and O–H groups in total. The molecule has 0 saturated carbocycles. The smallest absolute Gasteiger partial charge is 0.359 e. The third-order valence-corrected chi connectivity index (χ3v) is 2.02. The Balaban J connectivity index is 3.00. The number of rotatable bonds is 4. The van der Waals surface area contributed by atoms with Crippen LogP contribution in [0.25, 0.3) is 0 Å². The summed E-state index contributed by atoms with van der Waals surface area (Å²) < 4.78 is 4.85. The molecule has 1 rings (SSSR count). The van der Waals surface area contributed by atoms with Gasteiger partial charge in [-0.3, -0.25) is 4.79 Å². The lowest BCUT2D eigenvalue weighted by molar-refractivity contribution is -0.115. The van der Waals surface area contributed by atoms with Gasteiger partial charge in [-0.2, -0.15) is 5.26 Å². The van der Waals surface area contributed by atoms with Crippen LogP contribution in [0.5, 0.6) is 0 Å². The van der Waals surface area contributed by atoms with Crippen LogP contribution in [0.3, 0.4) is 0 Å². The highest BCUT2D eigenvalue weighted by atomic mass is 16.5. The van der Waals surface area contributed by atoms with E-state index in [1.165, 1.54) is 0 Å². The first kappa shape index (κ1) is 13.6. The highest BCUT2D eigenvalue weighted by molar-refractivity contribution is 6.00. The van der Waals surface area contributed by atoms with Crippen LogP contribution in [0.4, 0.5) is 5.69 Å². The molecule has 1 heterocycles. The second-order valence-electron chi connectivity index (χ2n) is 3.45. The summed E-state index contributed by atoms with van der Waals surface area (Å²) in [4.78, 5) is 27.0. The molecule has 0 bridgehead atoms. The predicted octanol–water partition coefficient (Wildman–Crippen LogP) is 1.42. The molecule has 0 aromatic carbocycles. The monoisotopic (exact) mass is 247 g/mol. The maximum atomic E-state index is 11.7. The van der Waals surface area contributed by atoms with Crippen LogP contribution >= 0.6 is 0 Å². The molecule has 6 nitrogen and oxygen atoms in total. The molecule has 1 aromatic rings. The molecule has 94 valence electrons. The lowest BCUT2D eigenvalue weighted by Gasteiger charge is -2.09. The van der Waals surface area contributed by atoms with Gasteiger partial charge in [-0.1, -0.05) is 0 Å². The quantitative estimate of drug-likeness (QED) is 0.812. The number of hydrogen-bond acceptors (Lipinski definition) is 5. The number of aryl methyl sites for hydroxylation is 1. The van der Waals surface area contributed by atoms with Crippen molar-refractivity contribution < 1.29 is 14.3 Å². The van der Waals surface area contributed by atoms with Gasteiger partial charge < -0.3 is 10.1 Å². The highest BCUT2D eigenvalue weighted by Crippen LogP contribution is 2.15. The first-order valence-electron chi connectivity index (χ1n) is 5.40. The van der Waals surface area contributed by atoms with Crippen molar-refractivity contribution in [2.75, 3.05) is 11.9 Å². The fraction of sp³-hybridized carbons (Fsp3) is 0.333. The number of amides is 1. The molecular formula is C12H13N3O3. The second-order valence-corrected chi connectivity index (χ2v) is 3.45. The first-order valence-corrected chi connectivity index (χ1v) is 5.40. The maximum absolute atomic E-state index is 11.7. The molecular weight excluding hydrogens is 234 g/mol. The number of hydrogen-bond donors (Lipinski definition) is 1. The Hall–Kier alpha value is -2.42. The van der Waals surface area contributed by atoms with Crippen LogP contribution < -0.4 is 5.32 Å². The van der Waals surface area contributed by atoms with E-state index in [4.69, 9.17) is 10.00 Å². The van der Waals surface area contributed by atoms with Gasteiger partial charge in [0.1, 0.15) is 6.42 Å². The number of carbonyl (C=O) groups excluding carboxylic acids is 2. The zero-order chi connectivity index (χ0) is 13.5. The number of aromatic nitrogens is 1. The largest absolute Gasteiger partial charge is 0.461 e. The SMILES string of the molecule is CCOC(=O)c1nc(C)ccc1NC(=O)CC#N. The van der Waals surface area contributed by atoms with Crippen molar-refractivity contribution in [3.8, 4) is 6.07 Å². The van der Waals surface area contributed by atoms with E-state index in [0.717, 1.165) is 0 Å². The molecule has 0 saturated heterocycles. The molecule has 0 aliphatic rings. The number of esters is 1. The molecule has 0 fully saturated rings. The summed E-state index contributed by atoms with van der Waals surface area (Å²) in [7, 11) is 0. The Kier molecular flexibility index (Phi) is 4.81. The van der Waals surface area contributed by atoms with Gasteiger partial charge in [0.05, 0.1) is 18.4 Å². The molecule has 18 heavy (non-hydrogen) atoms. The summed E-state index contributed by atoms with van der Waals surface area (Å²) in [5, 5.41) is 10.9. The molecule has 6 heteroatoms. The number of nitriles is 1. The van der Waals surface area contributed by atoms with Crippen LogP contribution in [0.2, 0.25) is 0 Å². The maximum Gasteiger partial charge on any atom is 0.359 e. The Morgan fingerprint density at radius 1 is 1.50 bits per heavy atom. The average molecular weight is 247 g/mol. The van der Waals surface area contributed by atoms with E-state index in [1.807, 2.05) is 0 Å². The molecule has 1 amide bonds. The van der Waals surface area contributed by atoms with Crippen LogP contribution in [0.15, 0.2) is 12.1 Å². The van der Waals surface area contributed by atoms with Crippen molar-refractivity contribution in [3.63, 3.8) is 0 Å². The van der Waals surface area contributed by atoms with Gasteiger partial charge in [0.25, 0.3) is 0 Å². The van der Waals surface area contributed by atoms with Crippen molar-refractivity contribution in [1.82, 2.24) is 4.98 Å². The highest BCUT2D eigenvalue weighted by Gasteiger charge is 2.16. The number of nitrogens with zero attached hydrogens (tertiary/aromatic N) is 2. The Labute approximate surface area is 105 Å². The minimum Gasteiger partial charge on any atom is -0.461 e. The van der Waals surface area contributed by atoms with Crippen LogP contribution in [-0.2, 0) is 9.53 Å². The number of carbonyl (C=O) groups is 2. The summed E-state index contributed by atoms with van der Waals surface area (Å²) in [5.74, 6) is -1.10. The lowest BCUT2D eigenvalue weighted by Crippen LogP contribution is -2.16. The fourth-order valence-corrected chi connectivity index (χ4v) is 1.28. The Morgan fingerprint density at radius 3 is 2.83 bits per heavy atom. The number of ether oxygens (including phenoxy) is 1. The van der Waals surface area contributed by atoms with E-state index in [-0.39, 0.29) is 24.4 Å². The standard InChI is InChI=1S/C12H13N3O3/c1-3-18-12(17)11-9(5-4-8(2)14-11)15-10(16)6-7-13/h4-5H,3,6H2,1-2H3,(H,15,16). The fourth-order valence-electron chi connectivity index (χ4n) is 1.28. The van der Waals surface area contributed by atoms with E-state index in [1.54, 1.807) is 32.0 Å². The Bertz CT molecular complexity index is 506. The van der Waals surface area contributed by atoms with E-state index in [9.17, 15) is 9.59 Å². The van der Waals surface area contributed by atoms with Crippen LogP contribution in [-0.4, -0.2) is 23.5 Å². The van der Waals surface area contributed by atoms with Crippen molar-refractivity contribution in [2.24, 2.45) is 0 Å². The van der Waals surface area contributed by atoms with Crippen molar-refractivity contribution >= 4 is 17.6 Å². The van der Waals surface area contributed by atoms with Gasteiger partial charge in [0.2, 0.25) is 5.91 Å². The minimum atomic E-state index is -0.603. The molecule has 0 radical (unpaired) electrons. The van der Waals surface area contributed by atoms with E-state index < -0.39 is 11.9 Å². The van der Waals surface area contributed by atoms with Crippen molar-refractivity contribution in [1.29, 1.82) is 5.26 Å². The topological polar surface area (TPSA) is 92.1 Å². The van der Waals surface area contributed by atoms with E-state index in [0.29, 0.717) is 5.69 Å². The van der Waals surface area contributed by atoms with Crippen molar-refractivity contribution in [3.05, 3.63) is 23.5 Å². The van der Waals surface area contributed by atoms with Gasteiger partial charge in [-0.05, 0) is 26.0 Å². The van der Waals surface area contributed by atoms with Crippen molar-refractivity contribution in [2.45, 2.75) is 20.3 Å².